The van der Waals surface area contributed by atoms with Gasteiger partial charge < -0.3 is 0 Å². The van der Waals surface area contributed by atoms with Crippen LogP contribution in [0.4, 0.5) is 0 Å². The lowest BCUT2D eigenvalue weighted by atomic mass is 9.87. The summed E-state index contributed by atoms with van der Waals surface area (Å²) in [5.74, 6) is 0.808. The van der Waals surface area contributed by atoms with Gasteiger partial charge >= 0.3 is 0 Å². The minimum absolute atomic E-state index is 0.383. The Morgan fingerprint density at radius 2 is 0.938 bits per heavy atom. The quantitative estimate of drug-likeness (QED) is 0.333. The molecule has 0 aromatic heterocycles. The lowest BCUT2D eigenvalue weighted by Crippen LogP contribution is -2.49. The van der Waals surface area contributed by atoms with Crippen LogP contribution in [0.2, 0.25) is 5.54 Å². The summed E-state index contributed by atoms with van der Waals surface area (Å²) in [4.78, 5) is 0. The number of hydrogen-bond acceptors (Lipinski definition) is 0. The van der Waals surface area contributed by atoms with Gasteiger partial charge in [0.25, 0.3) is 0 Å². The van der Waals surface area contributed by atoms with Gasteiger partial charge in [-0.05, 0) is 33.7 Å². The van der Waals surface area contributed by atoms with Crippen LogP contribution in [-0.4, -0.2) is 8.80 Å². The van der Waals surface area contributed by atoms with E-state index in [0.717, 1.165) is 0 Å². The van der Waals surface area contributed by atoms with E-state index in [0.29, 0.717) is 17.4 Å². The Labute approximate surface area is 192 Å². The zero-order valence-corrected chi connectivity index (χ0v) is 18.9. The largest absolute Gasteiger partial charge is 0.126 e. The topological polar surface area (TPSA) is 0 Å². The standard InChI is InChI=1S/C31H25Si/c1-3-15-24(16-4-1)32(25-17-5-2-6-18-25)31(23-13-7-8-14-23)30-28-21-11-9-19-26(28)27-20-10-12-22-29(27)30/h1-23,30-31H. The van der Waals surface area contributed by atoms with E-state index in [2.05, 4.69) is 133 Å². The molecule has 0 N–H and O–H groups in total. The van der Waals surface area contributed by atoms with Crippen LogP contribution in [0.15, 0.2) is 133 Å². The summed E-state index contributed by atoms with van der Waals surface area (Å²) in [6.07, 6.45) is 9.31. The number of hydrogen-bond donors (Lipinski definition) is 0. The molecule has 0 saturated heterocycles. The first kappa shape index (κ1) is 19.3. The molecule has 0 spiro atoms. The molecule has 0 heterocycles. The van der Waals surface area contributed by atoms with Gasteiger partial charge in [0.05, 0.1) is 0 Å². The highest BCUT2D eigenvalue weighted by Crippen LogP contribution is 2.53. The van der Waals surface area contributed by atoms with Crippen molar-refractivity contribution in [3.8, 4) is 11.1 Å². The van der Waals surface area contributed by atoms with Crippen LogP contribution in [0.25, 0.3) is 11.1 Å². The van der Waals surface area contributed by atoms with Crippen molar-refractivity contribution < 1.29 is 0 Å². The van der Waals surface area contributed by atoms with E-state index in [9.17, 15) is 0 Å². The monoisotopic (exact) mass is 425 g/mol. The molecule has 1 heteroatoms. The first-order valence-corrected chi connectivity index (χ1v) is 13.0. The van der Waals surface area contributed by atoms with E-state index < -0.39 is 8.80 Å². The summed E-state index contributed by atoms with van der Waals surface area (Å²) >= 11 is 0. The van der Waals surface area contributed by atoms with Gasteiger partial charge in [0.1, 0.15) is 8.80 Å². The molecule has 32 heavy (non-hydrogen) atoms. The van der Waals surface area contributed by atoms with Crippen LogP contribution >= 0.6 is 0 Å². The van der Waals surface area contributed by atoms with Crippen molar-refractivity contribution in [2.45, 2.75) is 11.5 Å². The average Bonchev–Trinajstić information content (AvgIpc) is 3.51. The van der Waals surface area contributed by atoms with Gasteiger partial charge in [0.15, 0.2) is 0 Å². The maximum atomic E-state index is 2.42. The lowest BCUT2D eigenvalue weighted by Gasteiger charge is -2.35. The van der Waals surface area contributed by atoms with Crippen molar-refractivity contribution in [3.63, 3.8) is 0 Å². The second kappa shape index (κ2) is 8.25. The zero-order chi connectivity index (χ0) is 21.3. The van der Waals surface area contributed by atoms with Crippen molar-refractivity contribution in [2.75, 3.05) is 0 Å². The van der Waals surface area contributed by atoms with E-state index in [-0.39, 0.29) is 0 Å². The highest BCUT2D eigenvalue weighted by molar-refractivity contribution is 6.86. The molecule has 1 unspecified atom stereocenters. The van der Waals surface area contributed by atoms with Crippen LogP contribution in [0, 0.1) is 5.92 Å². The predicted octanol–water partition coefficient (Wildman–Crippen LogP) is 6.22. The zero-order valence-electron chi connectivity index (χ0n) is 17.9. The van der Waals surface area contributed by atoms with Gasteiger partial charge in [0, 0.05) is 5.92 Å². The molecule has 153 valence electrons. The minimum Gasteiger partial charge on any atom is -0.0776 e. The summed E-state index contributed by atoms with van der Waals surface area (Å²) in [6.45, 7) is 0. The highest BCUT2D eigenvalue weighted by Gasteiger charge is 2.43. The predicted molar refractivity (Wildman–Crippen MR) is 137 cm³/mol. The molecule has 0 amide bonds. The first-order valence-electron chi connectivity index (χ1n) is 11.4. The highest BCUT2D eigenvalue weighted by atomic mass is 28.3. The van der Waals surface area contributed by atoms with Gasteiger partial charge in [-0.15, -0.1) is 0 Å². The third kappa shape index (κ3) is 3.21. The summed E-state index contributed by atoms with van der Waals surface area (Å²) in [7, 11) is -1.09. The van der Waals surface area contributed by atoms with E-state index >= 15 is 0 Å². The first-order chi connectivity index (χ1) is 15.9. The Bertz CT molecular complexity index is 1190. The van der Waals surface area contributed by atoms with E-state index in [1.807, 2.05) is 0 Å². The second-order valence-corrected chi connectivity index (χ2v) is 11.3. The molecule has 4 aromatic rings. The van der Waals surface area contributed by atoms with Crippen LogP contribution in [0.5, 0.6) is 0 Å². The van der Waals surface area contributed by atoms with Gasteiger partial charge in [-0.1, -0.05) is 144 Å². The average molecular weight is 426 g/mol. The van der Waals surface area contributed by atoms with E-state index in [4.69, 9.17) is 0 Å². The summed E-state index contributed by atoms with van der Waals surface area (Å²) in [5.41, 5.74) is 6.27. The molecule has 2 aliphatic carbocycles. The van der Waals surface area contributed by atoms with E-state index in [1.165, 1.54) is 32.6 Å². The number of allylic oxidation sites excluding steroid dienone is 4. The molecule has 2 aliphatic rings. The smallest absolute Gasteiger partial charge is 0.0776 e. The summed E-state index contributed by atoms with van der Waals surface area (Å²) in [5, 5.41) is 2.98. The third-order valence-corrected chi connectivity index (χ3v) is 10.2. The number of rotatable bonds is 5. The molecule has 0 fully saturated rings. The van der Waals surface area contributed by atoms with Crippen molar-refractivity contribution in [3.05, 3.63) is 145 Å². The molecular weight excluding hydrogens is 400 g/mol. The molecule has 0 nitrogen and oxygen atoms in total. The van der Waals surface area contributed by atoms with E-state index in [1.54, 1.807) is 0 Å². The van der Waals surface area contributed by atoms with Gasteiger partial charge in [0.2, 0.25) is 0 Å². The fourth-order valence-corrected chi connectivity index (χ4v) is 9.14. The van der Waals surface area contributed by atoms with Crippen LogP contribution in [0.1, 0.15) is 17.0 Å². The van der Waals surface area contributed by atoms with Crippen molar-refractivity contribution in [2.24, 2.45) is 5.92 Å². The van der Waals surface area contributed by atoms with Crippen LogP contribution < -0.4 is 10.4 Å². The fraction of sp³-hybridized carbons (Fsp3) is 0.0968. The molecule has 0 bridgehead atoms. The molecule has 6 rings (SSSR count). The van der Waals surface area contributed by atoms with Gasteiger partial charge in [-0.2, -0.15) is 0 Å². The third-order valence-electron chi connectivity index (χ3n) is 6.94. The second-order valence-electron chi connectivity index (χ2n) is 8.67. The number of benzene rings is 4. The molecule has 0 aliphatic heterocycles. The maximum Gasteiger partial charge on any atom is 0.126 e. The molecule has 0 saturated carbocycles. The fourth-order valence-electron chi connectivity index (χ4n) is 5.64. The Balaban J connectivity index is 1.61. The number of fused-ring (bicyclic) bond motifs is 3. The maximum absolute atomic E-state index is 2.42. The van der Waals surface area contributed by atoms with Crippen molar-refractivity contribution in [1.82, 2.24) is 0 Å². The van der Waals surface area contributed by atoms with Crippen LogP contribution in [0.3, 0.4) is 0 Å². The molecule has 1 radical (unpaired) electrons. The Morgan fingerprint density at radius 1 is 0.500 bits per heavy atom. The van der Waals surface area contributed by atoms with Crippen molar-refractivity contribution in [1.29, 1.82) is 0 Å². The lowest BCUT2D eigenvalue weighted by molar-refractivity contribution is 0.639. The summed E-state index contributed by atoms with van der Waals surface area (Å²) in [6, 6.07) is 40.6. The molecule has 4 aromatic carbocycles. The normalized spacial score (nSPS) is 15.8. The minimum atomic E-state index is -1.09. The van der Waals surface area contributed by atoms with Gasteiger partial charge in [-0.25, -0.2) is 0 Å². The summed E-state index contributed by atoms with van der Waals surface area (Å²) < 4.78 is 0. The van der Waals surface area contributed by atoms with Crippen LogP contribution in [-0.2, 0) is 0 Å². The molecule has 1 atom stereocenters. The Kier molecular flexibility index (Phi) is 4.97. The Hall–Kier alpha value is -3.42. The van der Waals surface area contributed by atoms with Crippen molar-refractivity contribution >= 4 is 19.2 Å². The molecular formula is C31H25Si. The SMILES string of the molecule is C1=CC(C(C2c3ccccc3-c3ccccc32)[Si](c2ccccc2)c2ccccc2)C=C1. The Morgan fingerprint density at radius 3 is 1.44 bits per heavy atom. The van der Waals surface area contributed by atoms with Gasteiger partial charge in [-0.3, -0.25) is 0 Å².